The molecule has 25 heavy (non-hydrogen) atoms. The fraction of sp³-hybridized carbons (Fsp3) is 0.412. The van der Waals surface area contributed by atoms with Crippen molar-refractivity contribution in [1.29, 1.82) is 0 Å². The van der Waals surface area contributed by atoms with E-state index in [4.69, 9.17) is 11.5 Å². The van der Waals surface area contributed by atoms with Gasteiger partial charge in [0.2, 0.25) is 11.8 Å². The zero-order valence-electron chi connectivity index (χ0n) is 14.1. The molecule has 136 valence electrons. The average Bonchev–Trinajstić information content (AvgIpc) is 2.61. The van der Waals surface area contributed by atoms with E-state index in [1.807, 2.05) is 30.3 Å². The molecule has 2 amide bonds. The number of nitrogens with two attached hydrogens (primary N) is 2. The summed E-state index contributed by atoms with van der Waals surface area (Å²) in [6.45, 7) is 0.227. The van der Waals surface area contributed by atoms with Crippen molar-refractivity contribution in [2.24, 2.45) is 16.5 Å². The Morgan fingerprint density at radius 2 is 1.88 bits per heavy atom. The first-order valence-corrected chi connectivity index (χ1v) is 8.12. The lowest BCUT2D eigenvalue weighted by Crippen LogP contribution is -2.42. The molecule has 0 saturated carbocycles. The molecule has 8 heteroatoms. The van der Waals surface area contributed by atoms with Crippen molar-refractivity contribution in [2.75, 3.05) is 13.1 Å². The van der Waals surface area contributed by atoms with Crippen molar-refractivity contribution < 1.29 is 14.4 Å². The quantitative estimate of drug-likeness (QED) is 0.184. The van der Waals surface area contributed by atoms with Crippen LogP contribution in [0.4, 0.5) is 0 Å². The molecule has 0 unspecified atom stereocenters. The third-order valence-corrected chi connectivity index (χ3v) is 3.41. The molecule has 0 aliphatic rings. The minimum atomic E-state index is -0.622. The van der Waals surface area contributed by atoms with Gasteiger partial charge in [0.1, 0.15) is 6.29 Å². The summed E-state index contributed by atoms with van der Waals surface area (Å²) in [5, 5.41) is 5.09. The fourth-order valence-corrected chi connectivity index (χ4v) is 2.12. The van der Waals surface area contributed by atoms with Crippen LogP contribution in [0.1, 0.15) is 24.8 Å². The van der Waals surface area contributed by atoms with Crippen LogP contribution < -0.4 is 22.1 Å². The number of aliphatic imine (C=N–C) groups is 1. The Bertz CT molecular complexity index is 585. The van der Waals surface area contributed by atoms with Gasteiger partial charge in [0.05, 0.1) is 12.6 Å². The molecule has 1 aromatic carbocycles. The fourth-order valence-electron chi connectivity index (χ4n) is 2.12. The molecule has 0 aliphatic carbocycles. The van der Waals surface area contributed by atoms with Crippen LogP contribution >= 0.6 is 0 Å². The predicted molar refractivity (Wildman–Crippen MR) is 95.7 cm³/mol. The summed E-state index contributed by atoms with van der Waals surface area (Å²) in [6.07, 6.45) is 2.55. The summed E-state index contributed by atoms with van der Waals surface area (Å²) in [7, 11) is 0. The van der Waals surface area contributed by atoms with Crippen LogP contribution in [0.2, 0.25) is 0 Å². The molecule has 6 N–H and O–H groups in total. The zero-order valence-corrected chi connectivity index (χ0v) is 14.1. The first-order valence-electron chi connectivity index (χ1n) is 8.12. The van der Waals surface area contributed by atoms with Gasteiger partial charge in [0.25, 0.3) is 0 Å². The molecule has 1 atom stereocenters. The number of carbonyl (C=O) groups excluding carboxylic acids is 3. The van der Waals surface area contributed by atoms with E-state index in [0.717, 1.165) is 5.56 Å². The number of guanidine groups is 1. The van der Waals surface area contributed by atoms with E-state index < -0.39 is 11.9 Å². The second-order valence-electron chi connectivity index (χ2n) is 5.52. The Balaban J connectivity index is 2.22. The summed E-state index contributed by atoms with van der Waals surface area (Å²) < 4.78 is 0. The smallest absolute Gasteiger partial charge is 0.239 e. The number of nitrogens with one attached hydrogen (secondary N) is 2. The summed E-state index contributed by atoms with van der Waals surface area (Å²) >= 11 is 0. The number of benzene rings is 1. The van der Waals surface area contributed by atoms with E-state index in [0.29, 0.717) is 38.5 Å². The Morgan fingerprint density at radius 3 is 2.52 bits per heavy atom. The largest absolute Gasteiger partial charge is 0.370 e. The topological polar surface area (TPSA) is 140 Å². The van der Waals surface area contributed by atoms with Crippen LogP contribution in [0.15, 0.2) is 35.3 Å². The van der Waals surface area contributed by atoms with E-state index in [2.05, 4.69) is 15.6 Å². The number of aldehydes is 1. The molecule has 0 bridgehead atoms. The first-order chi connectivity index (χ1) is 12.0. The molecular weight excluding hydrogens is 322 g/mol. The summed E-state index contributed by atoms with van der Waals surface area (Å²) in [5.41, 5.74) is 11.5. The minimum Gasteiger partial charge on any atom is -0.370 e. The molecule has 0 saturated heterocycles. The van der Waals surface area contributed by atoms with E-state index in [1.165, 1.54) is 0 Å². The van der Waals surface area contributed by atoms with Gasteiger partial charge >= 0.3 is 0 Å². The lowest BCUT2D eigenvalue weighted by atomic mass is 10.1. The molecular formula is C17H25N5O3. The number of rotatable bonds is 11. The Labute approximate surface area is 147 Å². The molecule has 0 spiro atoms. The molecule has 0 heterocycles. The first kappa shape index (κ1) is 20.1. The van der Waals surface area contributed by atoms with Gasteiger partial charge in [0.15, 0.2) is 5.96 Å². The van der Waals surface area contributed by atoms with Gasteiger partial charge in [0, 0.05) is 13.0 Å². The maximum absolute atomic E-state index is 11.8. The number of amides is 2. The molecule has 0 radical (unpaired) electrons. The van der Waals surface area contributed by atoms with Crippen LogP contribution in [0.25, 0.3) is 0 Å². The van der Waals surface area contributed by atoms with Crippen molar-refractivity contribution in [3.05, 3.63) is 35.9 Å². The SMILES string of the molecule is NC(N)=NCCC[C@@H](C=O)NC(=O)CNC(=O)CCc1ccccc1. The molecule has 0 fully saturated rings. The Kier molecular flexibility index (Phi) is 9.35. The van der Waals surface area contributed by atoms with Gasteiger partial charge in [-0.15, -0.1) is 0 Å². The van der Waals surface area contributed by atoms with E-state index in [9.17, 15) is 14.4 Å². The second-order valence-corrected chi connectivity index (χ2v) is 5.52. The lowest BCUT2D eigenvalue weighted by molar-refractivity contribution is -0.127. The lowest BCUT2D eigenvalue weighted by Gasteiger charge is -2.12. The maximum Gasteiger partial charge on any atom is 0.239 e. The summed E-state index contributed by atoms with van der Waals surface area (Å²) in [4.78, 5) is 38.3. The van der Waals surface area contributed by atoms with E-state index in [-0.39, 0.29) is 18.4 Å². The summed E-state index contributed by atoms with van der Waals surface area (Å²) in [6, 6.07) is 8.99. The van der Waals surface area contributed by atoms with Crippen molar-refractivity contribution in [3.8, 4) is 0 Å². The molecule has 0 aromatic heterocycles. The predicted octanol–water partition coefficient (Wildman–Crippen LogP) is -0.527. The molecule has 0 aliphatic heterocycles. The molecule has 1 aromatic rings. The highest BCUT2D eigenvalue weighted by Gasteiger charge is 2.12. The van der Waals surface area contributed by atoms with Gasteiger partial charge in [-0.05, 0) is 24.8 Å². The van der Waals surface area contributed by atoms with Crippen LogP contribution in [-0.2, 0) is 20.8 Å². The Morgan fingerprint density at radius 1 is 1.16 bits per heavy atom. The van der Waals surface area contributed by atoms with Gasteiger partial charge in [-0.2, -0.15) is 0 Å². The van der Waals surface area contributed by atoms with Gasteiger partial charge in [-0.1, -0.05) is 30.3 Å². The Hall–Kier alpha value is -2.90. The third kappa shape index (κ3) is 9.75. The third-order valence-electron chi connectivity index (χ3n) is 3.41. The van der Waals surface area contributed by atoms with Crippen molar-refractivity contribution >= 4 is 24.1 Å². The van der Waals surface area contributed by atoms with E-state index >= 15 is 0 Å². The van der Waals surface area contributed by atoms with E-state index in [1.54, 1.807) is 0 Å². The van der Waals surface area contributed by atoms with Crippen LogP contribution in [0.5, 0.6) is 0 Å². The number of nitrogens with zero attached hydrogens (tertiary/aromatic N) is 1. The van der Waals surface area contributed by atoms with Gasteiger partial charge < -0.3 is 26.9 Å². The standard InChI is InChI=1S/C17H25N5O3/c18-17(19)20-10-4-7-14(12-23)22-16(25)11-21-15(24)9-8-13-5-2-1-3-6-13/h1-3,5-6,12,14H,4,7-11H2,(H,21,24)(H,22,25)(H4,18,19,20)/t14-/m0/s1. The normalized spacial score (nSPS) is 11.2. The zero-order chi connectivity index (χ0) is 18.5. The minimum absolute atomic E-state index is 0.00935. The van der Waals surface area contributed by atoms with Gasteiger partial charge in [-0.3, -0.25) is 14.6 Å². The van der Waals surface area contributed by atoms with Crippen LogP contribution in [-0.4, -0.2) is 43.2 Å². The highest BCUT2D eigenvalue weighted by atomic mass is 16.2. The summed E-state index contributed by atoms with van der Waals surface area (Å²) in [5.74, 6) is -0.633. The average molecular weight is 347 g/mol. The number of carbonyl (C=O) groups is 3. The van der Waals surface area contributed by atoms with Crippen LogP contribution in [0.3, 0.4) is 0 Å². The maximum atomic E-state index is 11.8. The van der Waals surface area contributed by atoms with Crippen molar-refractivity contribution in [2.45, 2.75) is 31.7 Å². The number of hydrogen-bond acceptors (Lipinski definition) is 4. The molecule has 8 nitrogen and oxygen atoms in total. The molecule has 1 rings (SSSR count). The van der Waals surface area contributed by atoms with Gasteiger partial charge in [-0.25, -0.2) is 0 Å². The second kappa shape index (κ2) is 11.6. The number of hydrogen-bond donors (Lipinski definition) is 4. The number of aryl methyl sites for hydroxylation is 1. The monoisotopic (exact) mass is 347 g/mol. The van der Waals surface area contributed by atoms with Crippen molar-refractivity contribution in [1.82, 2.24) is 10.6 Å². The van der Waals surface area contributed by atoms with Crippen molar-refractivity contribution in [3.63, 3.8) is 0 Å². The highest BCUT2D eigenvalue weighted by molar-refractivity contribution is 5.86. The van der Waals surface area contributed by atoms with Crippen LogP contribution in [0, 0.1) is 0 Å². The highest BCUT2D eigenvalue weighted by Crippen LogP contribution is 2.02.